The van der Waals surface area contributed by atoms with Crippen molar-refractivity contribution < 1.29 is 22.7 Å². The molecule has 0 aliphatic heterocycles. The summed E-state index contributed by atoms with van der Waals surface area (Å²) in [6.07, 6.45) is -0.956. The highest BCUT2D eigenvalue weighted by molar-refractivity contribution is 7.92. The predicted octanol–water partition coefficient (Wildman–Crippen LogP) is 1.90. The Hall–Kier alpha value is -1.89. The summed E-state index contributed by atoms with van der Waals surface area (Å²) < 4.78 is 29.8. The molecule has 0 fully saturated rings. The van der Waals surface area contributed by atoms with Gasteiger partial charge in [0, 0.05) is 0 Å². The zero-order valence-corrected chi connectivity index (χ0v) is 13.2. The Labute approximate surface area is 124 Å². The van der Waals surface area contributed by atoms with Crippen molar-refractivity contribution in [2.75, 3.05) is 0 Å². The molecule has 0 spiro atoms. The van der Waals surface area contributed by atoms with E-state index >= 15 is 0 Å². The summed E-state index contributed by atoms with van der Waals surface area (Å²) in [4.78, 5) is 23.3. The Morgan fingerprint density at radius 2 is 1.67 bits per heavy atom. The summed E-state index contributed by atoms with van der Waals surface area (Å²) in [5.41, 5.74) is -0.790. The van der Waals surface area contributed by atoms with Gasteiger partial charge in [-0.05, 0) is 39.8 Å². The molecule has 0 bridgehead atoms. The van der Waals surface area contributed by atoms with Crippen LogP contribution >= 0.6 is 0 Å². The standard InChI is InChI=1S/C14H19NO5S/c1-10(16)12(15-13(17)20-14(2,3)4)21(18,19)11-8-6-5-7-9-11/h5-9,12H,1-4H3,(H,15,17). The molecule has 116 valence electrons. The third kappa shape index (κ3) is 4.86. The Morgan fingerprint density at radius 3 is 2.10 bits per heavy atom. The van der Waals surface area contributed by atoms with Crippen LogP contribution in [0.2, 0.25) is 0 Å². The van der Waals surface area contributed by atoms with Crippen LogP contribution in [0.4, 0.5) is 4.79 Å². The number of ketones is 1. The fraction of sp³-hybridized carbons (Fsp3) is 0.429. The number of sulfone groups is 1. The molecule has 7 heteroatoms. The molecule has 21 heavy (non-hydrogen) atoms. The van der Waals surface area contributed by atoms with Gasteiger partial charge in [-0.1, -0.05) is 18.2 Å². The monoisotopic (exact) mass is 313 g/mol. The predicted molar refractivity (Wildman–Crippen MR) is 77.5 cm³/mol. The van der Waals surface area contributed by atoms with Crippen molar-refractivity contribution in [2.45, 2.75) is 43.6 Å². The Balaban J connectivity index is 3.03. The van der Waals surface area contributed by atoms with Gasteiger partial charge in [-0.15, -0.1) is 0 Å². The first-order chi connectivity index (χ1) is 9.54. The maximum atomic E-state index is 12.4. The van der Waals surface area contributed by atoms with Gasteiger partial charge >= 0.3 is 6.09 Å². The van der Waals surface area contributed by atoms with Crippen molar-refractivity contribution in [3.63, 3.8) is 0 Å². The van der Waals surface area contributed by atoms with E-state index in [-0.39, 0.29) is 4.90 Å². The van der Waals surface area contributed by atoms with E-state index in [1.165, 1.54) is 24.3 Å². The molecule has 1 amide bonds. The van der Waals surface area contributed by atoms with E-state index in [1.54, 1.807) is 26.8 Å². The van der Waals surface area contributed by atoms with Gasteiger partial charge in [0.05, 0.1) is 4.90 Å². The molecule has 0 saturated heterocycles. The summed E-state index contributed by atoms with van der Waals surface area (Å²) in [5.74, 6) is -0.690. The van der Waals surface area contributed by atoms with E-state index in [1.807, 2.05) is 0 Å². The second-order valence-electron chi connectivity index (χ2n) is 5.49. The first-order valence-corrected chi connectivity index (χ1v) is 7.87. The SMILES string of the molecule is CC(=O)C(NC(=O)OC(C)(C)C)S(=O)(=O)c1ccccc1. The Bertz CT molecular complexity index is 617. The van der Waals surface area contributed by atoms with Crippen molar-refractivity contribution >= 4 is 21.7 Å². The molecule has 0 aliphatic rings. The molecule has 1 aromatic rings. The van der Waals surface area contributed by atoms with Gasteiger partial charge in [0.15, 0.2) is 11.2 Å². The molecular formula is C14H19NO5S. The van der Waals surface area contributed by atoms with Gasteiger partial charge in [-0.25, -0.2) is 13.2 Å². The minimum atomic E-state index is -4.01. The number of hydrogen-bond donors (Lipinski definition) is 1. The van der Waals surface area contributed by atoms with E-state index in [0.717, 1.165) is 6.92 Å². The van der Waals surface area contributed by atoms with Crippen molar-refractivity contribution in [1.29, 1.82) is 0 Å². The number of Topliss-reactive ketones (excluding diaryl/α,β-unsaturated/α-hetero) is 1. The summed E-state index contributed by atoms with van der Waals surface area (Å²) >= 11 is 0. The van der Waals surface area contributed by atoms with Gasteiger partial charge in [0.1, 0.15) is 5.60 Å². The minimum Gasteiger partial charge on any atom is -0.444 e. The maximum Gasteiger partial charge on any atom is 0.409 e. The van der Waals surface area contributed by atoms with Crippen LogP contribution in [0.5, 0.6) is 0 Å². The lowest BCUT2D eigenvalue weighted by Gasteiger charge is -2.22. The normalized spacial score (nSPS) is 13.3. The number of hydrogen-bond acceptors (Lipinski definition) is 5. The maximum absolute atomic E-state index is 12.4. The lowest BCUT2D eigenvalue weighted by atomic mass is 10.2. The van der Waals surface area contributed by atoms with Crippen LogP contribution in [-0.4, -0.2) is 31.3 Å². The molecule has 0 aliphatic carbocycles. The zero-order valence-electron chi connectivity index (χ0n) is 12.4. The number of amides is 1. The van der Waals surface area contributed by atoms with Crippen LogP contribution in [0.3, 0.4) is 0 Å². The first-order valence-electron chi connectivity index (χ1n) is 6.33. The summed E-state index contributed by atoms with van der Waals surface area (Å²) in [7, 11) is -4.01. The fourth-order valence-corrected chi connectivity index (χ4v) is 3.06. The van der Waals surface area contributed by atoms with E-state index in [4.69, 9.17) is 4.74 Å². The highest BCUT2D eigenvalue weighted by Crippen LogP contribution is 2.16. The number of ether oxygens (including phenoxy) is 1. The van der Waals surface area contributed by atoms with Gasteiger partial charge < -0.3 is 4.74 Å². The topological polar surface area (TPSA) is 89.5 Å². The average Bonchev–Trinajstić information content (AvgIpc) is 2.34. The van der Waals surface area contributed by atoms with Gasteiger partial charge in [-0.2, -0.15) is 0 Å². The molecule has 1 rings (SSSR count). The molecule has 0 aromatic heterocycles. The number of rotatable bonds is 4. The van der Waals surface area contributed by atoms with Crippen LogP contribution in [0.25, 0.3) is 0 Å². The highest BCUT2D eigenvalue weighted by atomic mass is 32.2. The Kier molecular flexibility index (Phi) is 5.11. The molecule has 1 N–H and O–H groups in total. The highest BCUT2D eigenvalue weighted by Gasteiger charge is 2.34. The van der Waals surface area contributed by atoms with Gasteiger partial charge in [0.25, 0.3) is 0 Å². The van der Waals surface area contributed by atoms with Gasteiger partial charge in [0.2, 0.25) is 9.84 Å². The van der Waals surface area contributed by atoms with Crippen molar-refractivity contribution in [3.8, 4) is 0 Å². The second kappa shape index (κ2) is 6.26. The third-order valence-electron chi connectivity index (χ3n) is 2.40. The first kappa shape index (κ1) is 17.2. The third-order valence-corrected chi connectivity index (χ3v) is 4.40. The number of benzene rings is 1. The zero-order chi connectivity index (χ0) is 16.3. The Morgan fingerprint density at radius 1 is 1.14 bits per heavy atom. The van der Waals surface area contributed by atoms with Crippen molar-refractivity contribution in [1.82, 2.24) is 5.32 Å². The molecule has 0 radical (unpaired) electrons. The average molecular weight is 313 g/mol. The van der Waals surface area contributed by atoms with Crippen LogP contribution in [0, 0.1) is 0 Å². The molecule has 1 aromatic carbocycles. The van der Waals surface area contributed by atoms with Crippen LogP contribution in [0.15, 0.2) is 35.2 Å². The van der Waals surface area contributed by atoms with E-state index in [9.17, 15) is 18.0 Å². The summed E-state index contributed by atoms with van der Waals surface area (Å²) in [5, 5.41) is 0.442. The molecule has 1 atom stereocenters. The number of carbonyl (C=O) groups is 2. The summed E-state index contributed by atoms with van der Waals surface area (Å²) in [6, 6.07) is 7.46. The molecule has 1 unspecified atom stereocenters. The molecule has 0 saturated carbocycles. The van der Waals surface area contributed by atoms with Crippen LogP contribution in [0.1, 0.15) is 27.7 Å². The lowest BCUT2D eigenvalue weighted by Crippen LogP contribution is -2.47. The number of carbonyl (C=O) groups excluding carboxylic acids is 2. The number of alkyl carbamates (subject to hydrolysis) is 1. The molecule has 6 nitrogen and oxygen atoms in total. The minimum absolute atomic E-state index is 0.0405. The van der Waals surface area contributed by atoms with E-state index < -0.39 is 32.7 Å². The van der Waals surface area contributed by atoms with Crippen molar-refractivity contribution in [2.24, 2.45) is 0 Å². The van der Waals surface area contributed by atoms with E-state index in [2.05, 4.69) is 5.32 Å². The number of nitrogens with one attached hydrogen (secondary N) is 1. The van der Waals surface area contributed by atoms with E-state index in [0.29, 0.717) is 0 Å². The van der Waals surface area contributed by atoms with Crippen LogP contribution in [-0.2, 0) is 19.4 Å². The van der Waals surface area contributed by atoms with Gasteiger partial charge in [-0.3, -0.25) is 10.1 Å². The largest absolute Gasteiger partial charge is 0.444 e. The quantitative estimate of drug-likeness (QED) is 0.917. The van der Waals surface area contributed by atoms with Crippen LogP contribution < -0.4 is 5.32 Å². The second-order valence-corrected chi connectivity index (χ2v) is 7.53. The van der Waals surface area contributed by atoms with Crippen molar-refractivity contribution in [3.05, 3.63) is 30.3 Å². The lowest BCUT2D eigenvalue weighted by molar-refractivity contribution is -0.117. The molecular weight excluding hydrogens is 294 g/mol. The smallest absolute Gasteiger partial charge is 0.409 e. The molecule has 0 heterocycles. The fourth-order valence-electron chi connectivity index (χ4n) is 1.56. The summed E-state index contributed by atoms with van der Waals surface area (Å²) in [6.45, 7) is 6.02.